The standard InChI is InChI=1S/C17H26N2O.ClH/c1-2-6-14-7-5-12-19(13-14)17(20)11-10-15-8-3-4-9-16(15)18;/h3-4,8-9,14H,2,5-7,10-13,18H2,1H3;1H. The summed E-state index contributed by atoms with van der Waals surface area (Å²) >= 11 is 0. The Hall–Kier alpha value is -1.22. The van der Waals surface area contributed by atoms with Gasteiger partial charge in [-0.25, -0.2) is 0 Å². The maximum Gasteiger partial charge on any atom is 0.222 e. The summed E-state index contributed by atoms with van der Waals surface area (Å²) in [6.07, 6.45) is 6.23. The number of nitrogen functional groups attached to an aromatic ring is 1. The van der Waals surface area contributed by atoms with Gasteiger partial charge in [0.25, 0.3) is 0 Å². The van der Waals surface area contributed by atoms with E-state index >= 15 is 0 Å². The van der Waals surface area contributed by atoms with Crippen molar-refractivity contribution in [3.05, 3.63) is 29.8 Å². The zero-order valence-corrected chi connectivity index (χ0v) is 13.7. The molecule has 1 unspecified atom stereocenters. The summed E-state index contributed by atoms with van der Waals surface area (Å²) in [7, 11) is 0. The molecule has 1 aromatic carbocycles. The molecule has 0 radical (unpaired) electrons. The molecule has 3 nitrogen and oxygen atoms in total. The Bertz CT molecular complexity index is 448. The number of nitrogens with two attached hydrogens (primary N) is 1. The lowest BCUT2D eigenvalue weighted by atomic mass is 9.93. The van der Waals surface area contributed by atoms with Crippen LogP contribution >= 0.6 is 12.4 Å². The van der Waals surface area contributed by atoms with Gasteiger partial charge in [0.05, 0.1) is 0 Å². The lowest BCUT2D eigenvalue weighted by Gasteiger charge is -2.32. The number of para-hydroxylation sites is 1. The maximum absolute atomic E-state index is 12.3. The average molecular weight is 311 g/mol. The van der Waals surface area contributed by atoms with E-state index < -0.39 is 0 Å². The first-order chi connectivity index (χ1) is 9.70. The molecule has 2 N–H and O–H groups in total. The lowest BCUT2D eigenvalue weighted by Crippen LogP contribution is -2.40. The van der Waals surface area contributed by atoms with Gasteiger partial charge in [-0.15, -0.1) is 12.4 Å². The van der Waals surface area contributed by atoms with E-state index in [0.717, 1.165) is 37.2 Å². The number of nitrogens with zero attached hydrogens (tertiary/aromatic N) is 1. The summed E-state index contributed by atoms with van der Waals surface area (Å²) in [5, 5.41) is 0. The van der Waals surface area contributed by atoms with E-state index in [1.807, 2.05) is 24.3 Å². The normalized spacial score (nSPS) is 18.1. The molecule has 0 spiro atoms. The van der Waals surface area contributed by atoms with E-state index in [0.29, 0.717) is 12.3 Å². The Labute approximate surface area is 134 Å². The van der Waals surface area contributed by atoms with Gasteiger partial charge in [-0.3, -0.25) is 4.79 Å². The number of hydrogen-bond acceptors (Lipinski definition) is 2. The Balaban J connectivity index is 0.00000220. The molecule has 1 aliphatic rings. The molecule has 1 heterocycles. The fraction of sp³-hybridized carbons (Fsp3) is 0.588. The molecule has 21 heavy (non-hydrogen) atoms. The minimum Gasteiger partial charge on any atom is -0.399 e. The number of aryl methyl sites for hydroxylation is 1. The first-order valence-corrected chi connectivity index (χ1v) is 7.82. The Kier molecular flexibility index (Phi) is 7.58. The van der Waals surface area contributed by atoms with Crippen LogP contribution in [0.25, 0.3) is 0 Å². The van der Waals surface area contributed by atoms with E-state index in [4.69, 9.17) is 5.73 Å². The summed E-state index contributed by atoms with van der Waals surface area (Å²) in [6, 6.07) is 7.83. The molecule has 1 saturated heterocycles. The minimum absolute atomic E-state index is 0. The van der Waals surface area contributed by atoms with Crippen LogP contribution in [0.5, 0.6) is 0 Å². The van der Waals surface area contributed by atoms with Crippen LogP contribution in [0.1, 0.15) is 44.6 Å². The van der Waals surface area contributed by atoms with Gasteiger partial charge in [0.2, 0.25) is 5.91 Å². The van der Waals surface area contributed by atoms with Crippen molar-refractivity contribution < 1.29 is 4.79 Å². The van der Waals surface area contributed by atoms with Gasteiger partial charge in [0, 0.05) is 25.2 Å². The molecule has 0 bridgehead atoms. The van der Waals surface area contributed by atoms with Gasteiger partial charge >= 0.3 is 0 Å². The predicted molar refractivity (Wildman–Crippen MR) is 90.6 cm³/mol. The molecule has 0 aliphatic carbocycles. The molecular formula is C17H27ClN2O. The van der Waals surface area contributed by atoms with Crippen molar-refractivity contribution in [2.24, 2.45) is 5.92 Å². The number of amides is 1. The number of piperidine rings is 1. The molecule has 4 heteroatoms. The van der Waals surface area contributed by atoms with Crippen molar-refractivity contribution in [3.8, 4) is 0 Å². The molecule has 1 aliphatic heterocycles. The molecule has 2 rings (SSSR count). The van der Waals surface area contributed by atoms with Crippen LogP contribution in [0.15, 0.2) is 24.3 Å². The van der Waals surface area contributed by atoms with Gasteiger partial charge < -0.3 is 10.6 Å². The van der Waals surface area contributed by atoms with E-state index in [9.17, 15) is 4.79 Å². The van der Waals surface area contributed by atoms with Gasteiger partial charge in [-0.05, 0) is 43.2 Å². The van der Waals surface area contributed by atoms with Crippen LogP contribution in [0.3, 0.4) is 0 Å². The second kappa shape index (κ2) is 8.93. The summed E-state index contributed by atoms with van der Waals surface area (Å²) in [6.45, 7) is 4.11. The number of carbonyl (C=O) groups excluding carboxylic acids is 1. The summed E-state index contributed by atoms with van der Waals surface area (Å²) in [4.78, 5) is 14.4. The molecule has 118 valence electrons. The van der Waals surface area contributed by atoms with E-state index in [2.05, 4.69) is 11.8 Å². The van der Waals surface area contributed by atoms with Crippen LogP contribution in [-0.4, -0.2) is 23.9 Å². The number of likely N-dealkylation sites (tertiary alicyclic amines) is 1. The van der Waals surface area contributed by atoms with E-state index in [-0.39, 0.29) is 18.3 Å². The Morgan fingerprint density at radius 1 is 1.38 bits per heavy atom. The second-order valence-electron chi connectivity index (χ2n) is 5.84. The highest BCUT2D eigenvalue weighted by atomic mass is 35.5. The smallest absolute Gasteiger partial charge is 0.222 e. The quantitative estimate of drug-likeness (QED) is 0.844. The van der Waals surface area contributed by atoms with Crippen molar-refractivity contribution in [2.75, 3.05) is 18.8 Å². The lowest BCUT2D eigenvalue weighted by molar-refractivity contribution is -0.133. The van der Waals surface area contributed by atoms with Gasteiger partial charge in [0.1, 0.15) is 0 Å². The average Bonchev–Trinajstić information content (AvgIpc) is 2.47. The number of halogens is 1. The highest BCUT2D eigenvalue weighted by Gasteiger charge is 2.22. The monoisotopic (exact) mass is 310 g/mol. The van der Waals surface area contributed by atoms with Crippen molar-refractivity contribution in [1.82, 2.24) is 4.90 Å². The minimum atomic E-state index is 0. The number of benzene rings is 1. The molecule has 0 aromatic heterocycles. The summed E-state index contributed by atoms with van der Waals surface area (Å²) < 4.78 is 0. The predicted octanol–water partition coefficient (Wildman–Crippen LogP) is 3.66. The largest absolute Gasteiger partial charge is 0.399 e. The van der Waals surface area contributed by atoms with Gasteiger partial charge in [-0.2, -0.15) is 0 Å². The highest BCUT2D eigenvalue weighted by molar-refractivity contribution is 5.85. The van der Waals surface area contributed by atoms with Crippen LogP contribution in [0, 0.1) is 5.92 Å². The number of hydrogen-bond donors (Lipinski definition) is 1. The van der Waals surface area contributed by atoms with Crippen LogP contribution in [0.2, 0.25) is 0 Å². The molecule has 1 atom stereocenters. The Morgan fingerprint density at radius 3 is 2.86 bits per heavy atom. The first kappa shape index (κ1) is 17.8. The van der Waals surface area contributed by atoms with Crippen molar-refractivity contribution in [3.63, 3.8) is 0 Å². The third kappa shape index (κ3) is 5.24. The molecule has 1 aromatic rings. The van der Waals surface area contributed by atoms with E-state index in [1.165, 1.54) is 19.3 Å². The maximum atomic E-state index is 12.3. The topological polar surface area (TPSA) is 46.3 Å². The molecule has 1 amide bonds. The number of carbonyl (C=O) groups is 1. The van der Waals surface area contributed by atoms with Crippen molar-refractivity contribution >= 4 is 24.0 Å². The summed E-state index contributed by atoms with van der Waals surface area (Å²) in [5.74, 6) is 0.994. The van der Waals surface area contributed by atoms with Gasteiger partial charge in [-0.1, -0.05) is 31.5 Å². The van der Waals surface area contributed by atoms with Crippen LogP contribution in [0.4, 0.5) is 5.69 Å². The number of rotatable bonds is 5. The van der Waals surface area contributed by atoms with E-state index in [1.54, 1.807) is 0 Å². The zero-order chi connectivity index (χ0) is 14.4. The van der Waals surface area contributed by atoms with Crippen molar-refractivity contribution in [1.29, 1.82) is 0 Å². The van der Waals surface area contributed by atoms with Crippen LogP contribution < -0.4 is 5.73 Å². The third-order valence-corrected chi connectivity index (χ3v) is 4.23. The second-order valence-corrected chi connectivity index (χ2v) is 5.84. The summed E-state index contributed by atoms with van der Waals surface area (Å²) in [5.41, 5.74) is 7.80. The van der Waals surface area contributed by atoms with Gasteiger partial charge in [0.15, 0.2) is 0 Å². The molecule has 1 fully saturated rings. The number of anilines is 1. The third-order valence-electron chi connectivity index (χ3n) is 4.23. The SMILES string of the molecule is CCCC1CCCN(C(=O)CCc2ccccc2N)C1.Cl. The molecular weight excluding hydrogens is 284 g/mol. The fourth-order valence-corrected chi connectivity index (χ4v) is 3.10. The first-order valence-electron chi connectivity index (χ1n) is 7.82. The fourth-order valence-electron chi connectivity index (χ4n) is 3.10. The molecule has 0 saturated carbocycles. The van der Waals surface area contributed by atoms with Crippen LogP contribution in [-0.2, 0) is 11.2 Å². The zero-order valence-electron chi connectivity index (χ0n) is 12.9. The Morgan fingerprint density at radius 2 is 2.14 bits per heavy atom. The van der Waals surface area contributed by atoms with Crippen molar-refractivity contribution in [2.45, 2.75) is 45.4 Å². The highest BCUT2D eigenvalue weighted by Crippen LogP contribution is 2.22.